The zero-order valence-electron chi connectivity index (χ0n) is 14.8. The van der Waals surface area contributed by atoms with Gasteiger partial charge in [0.05, 0.1) is 6.42 Å². The summed E-state index contributed by atoms with van der Waals surface area (Å²) in [7, 11) is 3.45. The number of nitrogens with one attached hydrogen (secondary N) is 1. The van der Waals surface area contributed by atoms with Crippen LogP contribution >= 0.6 is 11.3 Å². The number of aromatic nitrogens is 1. The summed E-state index contributed by atoms with van der Waals surface area (Å²) in [6.45, 7) is 1.86. The molecule has 2 aromatic heterocycles. The van der Waals surface area contributed by atoms with Crippen molar-refractivity contribution in [2.75, 3.05) is 19.4 Å². The van der Waals surface area contributed by atoms with Gasteiger partial charge in [0, 0.05) is 25.2 Å². The first-order chi connectivity index (χ1) is 12.4. The van der Waals surface area contributed by atoms with E-state index in [2.05, 4.69) is 10.3 Å². The van der Waals surface area contributed by atoms with Crippen LogP contribution in [-0.2, 0) is 11.2 Å². The Labute approximate surface area is 155 Å². The third-order valence-electron chi connectivity index (χ3n) is 3.75. The maximum absolute atomic E-state index is 12.4. The molecule has 0 spiro atoms. The van der Waals surface area contributed by atoms with Gasteiger partial charge in [0.2, 0.25) is 5.91 Å². The molecule has 0 aliphatic heterocycles. The van der Waals surface area contributed by atoms with E-state index in [4.69, 9.17) is 4.42 Å². The highest BCUT2D eigenvalue weighted by atomic mass is 32.1. The van der Waals surface area contributed by atoms with E-state index in [1.54, 1.807) is 36.5 Å². The Morgan fingerprint density at radius 3 is 2.50 bits per heavy atom. The quantitative estimate of drug-likeness (QED) is 0.746. The summed E-state index contributed by atoms with van der Waals surface area (Å²) in [6.07, 6.45) is 0.333. The Hall–Kier alpha value is -2.93. The lowest BCUT2D eigenvalue weighted by molar-refractivity contribution is -0.127. The fourth-order valence-electron chi connectivity index (χ4n) is 2.27. The number of anilines is 1. The number of aryl methyl sites for hydroxylation is 1. The van der Waals surface area contributed by atoms with Crippen LogP contribution in [0, 0.1) is 6.92 Å². The summed E-state index contributed by atoms with van der Waals surface area (Å²) in [5, 5.41) is 5.18. The van der Waals surface area contributed by atoms with E-state index in [0.717, 1.165) is 11.3 Å². The molecule has 26 heavy (non-hydrogen) atoms. The third-order valence-corrected chi connectivity index (χ3v) is 4.61. The number of benzene rings is 1. The first kappa shape index (κ1) is 17.9. The van der Waals surface area contributed by atoms with Gasteiger partial charge in [-0.15, -0.1) is 11.3 Å². The first-order valence-electron chi connectivity index (χ1n) is 8.05. The summed E-state index contributed by atoms with van der Waals surface area (Å²) in [4.78, 5) is 30.0. The van der Waals surface area contributed by atoms with Crippen LogP contribution in [0.3, 0.4) is 0 Å². The Bertz CT molecular complexity index is 926. The van der Waals surface area contributed by atoms with E-state index in [0.29, 0.717) is 28.6 Å². The van der Waals surface area contributed by atoms with Gasteiger partial charge in [-0.25, -0.2) is 4.98 Å². The average molecular weight is 369 g/mol. The van der Waals surface area contributed by atoms with Crippen molar-refractivity contribution in [3.05, 3.63) is 58.8 Å². The molecule has 134 valence electrons. The van der Waals surface area contributed by atoms with Crippen molar-refractivity contribution in [1.82, 2.24) is 9.88 Å². The van der Waals surface area contributed by atoms with Gasteiger partial charge in [0.25, 0.3) is 5.91 Å². The van der Waals surface area contributed by atoms with Crippen LogP contribution < -0.4 is 5.32 Å². The van der Waals surface area contributed by atoms with Crippen LogP contribution in [0.5, 0.6) is 0 Å². The first-order valence-corrected chi connectivity index (χ1v) is 8.93. The van der Waals surface area contributed by atoms with Crippen molar-refractivity contribution in [3.63, 3.8) is 0 Å². The molecule has 2 amide bonds. The van der Waals surface area contributed by atoms with Crippen LogP contribution in [0.1, 0.15) is 21.8 Å². The highest BCUT2D eigenvalue weighted by molar-refractivity contribution is 7.13. The van der Waals surface area contributed by atoms with E-state index in [9.17, 15) is 9.59 Å². The van der Waals surface area contributed by atoms with Crippen LogP contribution in [0.15, 0.2) is 46.2 Å². The highest BCUT2D eigenvalue weighted by Crippen LogP contribution is 2.26. The number of likely N-dealkylation sites (N-methyl/N-ethyl adjacent to an activating group) is 1. The fourth-order valence-corrected chi connectivity index (χ4v) is 3.03. The number of nitrogens with zero attached hydrogens (tertiary/aromatic N) is 2. The standard InChI is InChI=1S/C19H19N3O3S/c1-12-4-9-16(25-12)19-21-15(11-26-19)18(24)20-14-7-5-13(6-8-14)10-17(23)22(2)3/h4-9,11H,10H2,1-3H3,(H,20,24). The van der Waals surface area contributed by atoms with Crippen molar-refractivity contribution < 1.29 is 14.0 Å². The van der Waals surface area contributed by atoms with Gasteiger partial charge in [-0.1, -0.05) is 12.1 Å². The zero-order chi connectivity index (χ0) is 18.7. The van der Waals surface area contributed by atoms with Crippen molar-refractivity contribution in [1.29, 1.82) is 0 Å². The van der Waals surface area contributed by atoms with Crippen molar-refractivity contribution in [2.45, 2.75) is 13.3 Å². The average Bonchev–Trinajstić information content (AvgIpc) is 3.25. The number of thiazole rings is 1. The molecule has 1 aromatic carbocycles. The second kappa shape index (κ2) is 7.53. The number of amides is 2. The molecule has 0 aliphatic rings. The number of hydrogen-bond acceptors (Lipinski definition) is 5. The SMILES string of the molecule is Cc1ccc(-c2nc(C(=O)Nc3ccc(CC(=O)N(C)C)cc3)cs2)o1. The van der Waals surface area contributed by atoms with Crippen molar-refractivity contribution >= 4 is 28.8 Å². The zero-order valence-corrected chi connectivity index (χ0v) is 15.6. The normalized spacial score (nSPS) is 10.6. The molecule has 0 unspecified atom stereocenters. The molecule has 0 bridgehead atoms. The number of furan rings is 1. The molecule has 0 saturated carbocycles. The number of carbonyl (C=O) groups excluding carboxylic acids is 2. The molecule has 1 N–H and O–H groups in total. The van der Waals surface area contributed by atoms with Gasteiger partial charge in [0.1, 0.15) is 11.5 Å². The lowest BCUT2D eigenvalue weighted by Gasteiger charge is -2.10. The molecular formula is C19H19N3O3S. The van der Waals surface area contributed by atoms with Gasteiger partial charge in [0.15, 0.2) is 10.8 Å². The number of hydrogen-bond donors (Lipinski definition) is 1. The van der Waals surface area contributed by atoms with Gasteiger partial charge in [-0.2, -0.15) is 0 Å². The van der Waals surface area contributed by atoms with Crippen LogP contribution in [0.25, 0.3) is 10.8 Å². The van der Waals surface area contributed by atoms with Crippen molar-refractivity contribution in [3.8, 4) is 10.8 Å². The predicted octanol–water partition coefficient (Wildman–Crippen LogP) is 3.59. The minimum absolute atomic E-state index is 0.0324. The monoisotopic (exact) mass is 369 g/mol. The van der Waals surface area contributed by atoms with Gasteiger partial charge in [-0.05, 0) is 36.8 Å². The van der Waals surface area contributed by atoms with Crippen molar-refractivity contribution in [2.24, 2.45) is 0 Å². The largest absolute Gasteiger partial charge is 0.459 e. The summed E-state index contributed by atoms with van der Waals surface area (Å²) in [5.74, 6) is 1.20. The summed E-state index contributed by atoms with van der Waals surface area (Å²) >= 11 is 1.36. The minimum atomic E-state index is -0.284. The van der Waals surface area contributed by atoms with Gasteiger partial charge >= 0.3 is 0 Å². The summed E-state index contributed by atoms with van der Waals surface area (Å²) in [6, 6.07) is 10.9. The second-order valence-electron chi connectivity index (χ2n) is 6.06. The Morgan fingerprint density at radius 1 is 1.15 bits per heavy atom. The molecule has 6 nitrogen and oxygen atoms in total. The molecule has 0 saturated heterocycles. The predicted molar refractivity (Wildman–Crippen MR) is 101 cm³/mol. The maximum Gasteiger partial charge on any atom is 0.275 e. The topological polar surface area (TPSA) is 75.4 Å². The van der Waals surface area contributed by atoms with E-state index in [1.165, 1.54) is 11.3 Å². The highest BCUT2D eigenvalue weighted by Gasteiger charge is 2.14. The lowest BCUT2D eigenvalue weighted by Crippen LogP contribution is -2.23. The van der Waals surface area contributed by atoms with E-state index in [1.807, 2.05) is 31.2 Å². The lowest BCUT2D eigenvalue weighted by atomic mass is 10.1. The molecule has 7 heteroatoms. The van der Waals surface area contributed by atoms with E-state index in [-0.39, 0.29) is 11.8 Å². The number of rotatable bonds is 5. The smallest absolute Gasteiger partial charge is 0.275 e. The molecule has 0 fully saturated rings. The molecule has 2 heterocycles. The van der Waals surface area contributed by atoms with Crippen LogP contribution in [-0.4, -0.2) is 35.8 Å². The van der Waals surface area contributed by atoms with E-state index < -0.39 is 0 Å². The molecule has 0 atom stereocenters. The molecule has 3 aromatic rings. The Balaban J connectivity index is 1.65. The molecule has 0 aliphatic carbocycles. The molecule has 0 radical (unpaired) electrons. The van der Waals surface area contributed by atoms with Crippen LogP contribution in [0.4, 0.5) is 5.69 Å². The van der Waals surface area contributed by atoms with Gasteiger partial charge < -0.3 is 14.6 Å². The Kier molecular flexibility index (Phi) is 5.18. The third kappa shape index (κ3) is 4.18. The summed E-state index contributed by atoms with van der Waals surface area (Å²) < 4.78 is 5.53. The fraction of sp³-hybridized carbons (Fsp3) is 0.211. The second-order valence-corrected chi connectivity index (χ2v) is 6.92. The van der Waals surface area contributed by atoms with E-state index >= 15 is 0 Å². The molecule has 3 rings (SSSR count). The van der Waals surface area contributed by atoms with Crippen LogP contribution in [0.2, 0.25) is 0 Å². The minimum Gasteiger partial charge on any atom is -0.459 e. The number of carbonyl (C=O) groups is 2. The molecular weight excluding hydrogens is 350 g/mol. The van der Waals surface area contributed by atoms with Gasteiger partial charge in [-0.3, -0.25) is 9.59 Å². The maximum atomic E-state index is 12.4. The summed E-state index contributed by atoms with van der Waals surface area (Å²) in [5.41, 5.74) is 1.89. The Morgan fingerprint density at radius 2 is 1.88 bits per heavy atom.